The normalized spacial score (nSPS) is 11.8. The van der Waals surface area contributed by atoms with Crippen LogP contribution in [0.25, 0.3) is 0 Å². The summed E-state index contributed by atoms with van der Waals surface area (Å²) in [7, 11) is -4.34. The largest absolute Gasteiger partial charge is 0.416 e. The Bertz CT molecular complexity index is 1260. The van der Waals surface area contributed by atoms with Crippen molar-refractivity contribution in [3.8, 4) is 0 Å². The summed E-state index contributed by atoms with van der Waals surface area (Å²) in [6, 6.07) is 15.6. The molecule has 5 nitrogen and oxygen atoms in total. The number of halogens is 4. The standard InChI is InChI=1S/C25H24F4N2O3S/c1-18-7-13-23(14-8-18)35(33,34)31(22-6-2-5-20(16-22)25(27,28)29)17-24(32)30-15-3-4-19-9-11-21(26)12-10-19/h2,5-14,16H,3-4,15,17H2,1H3,(H,30,32). The number of carbonyl (C=O) groups excluding carboxylic acids is 1. The Morgan fingerprint density at radius 3 is 2.26 bits per heavy atom. The van der Waals surface area contributed by atoms with Gasteiger partial charge in [0.25, 0.3) is 10.0 Å². The summed E-state index contributed by atoms with van der Waals surface area (Å²) in [5.74, 6) is -1.02. The molecule has 186 valence electrons. The van der Waals surface area contributed by atoms with Crippen molar-refractivity contribution in [2.75, 3.05) is 17.4 Å². The number of nitrogens with zero attached hydrogens (tertiary/aromatic N) is 1. The van der Waals surface area contributed by atoms with E-state index >= 15 is 0 Å². The highest BCUT2D eigenvalue weighted by Crippen LogP contribution is 2.33. The van der Waals surface area contributed by atoms with Crippen LogP contribution in [0.3, 0.4) is 0 Å². The smallest absolute Gasteiger partial charge is 0.355 e. The lowest BCUT2D eigenvalue weighted by Crippen LogP contribution is -2.41. The number of alkyl halides is 3. The predicted octanol–water partition coefficient (Wildman–Crippen LogP) is 5.10. The van der Waals surface area contributed by atoms with E-state index < -0.39 is 34.2 Å². The summed E-state index contributed by atoms with van der Waals surface area (Å²) in [5, 5.41) is 2.60. The van der Waals surface area contributed by atoms with Crippen LogP contribution in [0.4, 0.5) is 23.2 Å². The van der Waals surface area contributed by atoms with E-state index in [2.05, 4.69) is 5.32 Å². The fourth-order valence-electron chi connectivity index (χ4n) is 3.35. The van der Waals surface area contributed by atoms with Gasteiger partial charge < -0.3 is 5.32 Å². The first-order valence-corrected chi connectivity index (χ1v) is 12.2. The zero-order chi connectivity index (χ0) is 25.6. The first-order valence-electron chi connectivity index (χ1n) is 10.7. The van der Waals surface area contributed by atoms with E-state index in [1.54, 1.807) is 31.2 Å². The van der Waals surface area contributed by atoms with Gasteiger partial charge in [-0.05, 0) is 67.8 Å². The average molecular weight is 509 g/mol. The quantitative estimate of drug-likeness (QED) is 0.323. The molecular formula is C25H24F4N2O3S. The van der Waals surface area contributed by atoms with Gasteiger partial charge in [0, 0.05) is 6.54 Å². The van der Waals surface area contributed by atoms with E-state index in [9.17, 15) is 30.8 Å². The summed E-state index contributed by atoms with van der Waals surface area (Å²) in [5.41, 5.74) is 0.363. The van der Waals surface area contributed by atoms with Crippen LogP contribution in [0.1, 0.15) is 23.1 Å². The van der Waals surface area contributed by atoms with Crippen molar-refractivity contribution in [2.45, 2.75) is 30.8 Å². The van der Waals surface area contributed by atoms with E-state index in [4.69, 9.17) is 0 Å². The van der Waals surface area contributed by atoms with Gasteiger partial charge in [-0.25, -0.2) is 12.8 Å². The lowest BCUT2D eigenvalue weighted by Gasteiger charge is -2.25. The molecule has 0 atom stereocenters. The summed E-state index contributed by atoms with van der Waals surface area (Å²) < 4.78 is 80.1. The molecule has 0 aliphatic rings. The number of amides is 1. The van der Waals surface area contributed by atoms with Crippen LogP contribution in [-0.4, -0.2) is 27.4 Å². The number of hydrogen-bond donors (Lipinski definition) is 1. The molecule has 1 N–H and O–H groups in total. The van der Waals surface area contributed by atoms with Crippen molar-refractivity contribution >= 4 is 21.6 Å². The Kier molecular flexibility index (Phi) is 8.16. The topological polar surface area (TPSA) is 66.5 Å². The summed E-state index contributed by atoms with van der Waals surface area (Å²) >= 11 is 0. The molecule has 0 aliphatic carbocycles. The monoisotopic (exact) mass is 508 g/mol. The molecule has 0 aromatic heterocycles. The molecule has 10 heteroatoms. The van der Waals surface area contributed by atoms with Crippen molar-refractivity contribution in [1.29, 1.82) is 0 Å². The number of rotatable bonds is 9. The van der Waals surface area contributed by atoms with Crippen molar-refractivity contribution in [1.82, 2.24) is 5.32 Å². The van der Waals surface area contributed by atoms with Gasteiger partial charge in [-0.3, -0.25) is 9.10 Å². The summed E-state index contributed by atoms with van der Waals surface area (Å²) in [6.07, 6.45) is -3.62. The van der Waals surface area contributed by atoms with Crippen LogP contribution < -0.4 is 9.62 Å². The highest BCUT2D eigenvalue weighted by atomic mass is 32.2. The molecular weight excluding hydrogens is 484 g/mol. The number of aryl methyl sites for hydroxylation is 2. The second-order valence-electron chi connectivity index (χ2n) is 7.95. The molecule has 0 fully saturated rings. The van der Waals surface area contributed by atoms with Crippen molar-refractivity contribution in [2.24, 2.45) is 0 Å². The zero-order valence-corrected chi connectivity index (χ0v) is 19.7. The van der Waals surface area contributed by atoms with Gasteiger partial charge in [-0.15, -0.1) is 0 Å². The molecule has 0 radical (unpaired) electrons. The number of anilines is 1. The maximum absolute atomic E-state index is 13.3. The first kappa shape index (κ1) is 26.2. The number of nitrogens with one attached hydrogen (secondary N) is 1. The van der Waals surface area contributed by atoms with Gasteiger partial charge in [-0.2, -0.15) is 13.2 Å². The SMILES string of the molecule is Cc1ccc(S(=O)(=O)N(CC(=O)NCCCc2ccc(F)cc2)c2cccc(C(F)(F)F)c2)cc1. The second-order valence-corrected chi connectivity index (χ2v) is 9.82. The Labute approximate surface area is 201 Å². The average Bonchev–Trinajstić information content (AvgIpc) is 2.81. The lowest BCUT2D eigenvalue weighted by molar-refractivity contribution is -0.137. The van der Waals surface area contributed by atoms with Crippen LogP contribution >= 0.6 is 0 Å². The van der Waals surface area contributed by atoms with Gasteiger partial charge in [0.2, 0.25) is 5.91 Å². The van der Waals surface area contributed by atoms with Gasteiger partial charge in [0.05, 0.1) is 16.1 Å². The molecule has 0 bridgehead atoms. The highest BCUT2D eigenvalue weighted by Gasteiger charge is 2.33. The van der Waals surface area contributed by atoms with Crippen molar-refractivity contribution in [3.05, 3.63) is 95.3 Å². The first-order chi connectivity index (χ1) is 16.5. The molecule has 35 heavy (non-hydrogen) atoms. The van der Waals surface area contributed by atoms with Gasteiger partial charge in [-0.1, -0.05) is 35.9 Å². The van der Waals surface area contributed by atoms with E-state index in [1.807, 2.05) is 0 Å². The van der Waals surface area contributed by atoms with Crippen LogP contribution in [-0.2, 0) is 27.4 Å². The predicted molar refractivity (Wildman–Crippen MR) is 125 cm³/mol. The fraction of sp³-hybridized carbons (Fsp3) is 0.240. The van der Waals surface area contributed by atoms with E-state index in [0.29, 0.717) is 23.2 Å². The molecule has 0 aliphatic heterocycles. The molecule has 3 aromatic carbocycles. The lowest BCUT2D eigenvalue weighted by atomic mass is 10.1. The van der Waals surface area contributed by atoms with Crippen LogP contribution in [0, 0.1) is 12.7 Å². The van der Waals surface area contributed by atoms with Gasteiger partial charge in [0.15, 0.2) is 0 Å². The molecule has 3 rings (SSSR count). The third kappa shape index (κ3) is 7.05. The zero-order valence-electron chi connectivity index (χ0n) is 18.8. The molecule has 0 spiro atoms. The third-order valence-corrected chi connectivity index (χ3v) is 7.02. The highest BCUT2D eigenvalue weighted by molar-refractivity contribution is 7.92. The van der Waals surface area contributed by atoms with E-state index in [1.165, 1.54) is 30.3 Å². The Morgan fingerprint density at radius 1 is 0.971 bits per heavy atom. The number of hydrogen-bond acceptors (Lipinski definition) is 3. The van der Waals surface area contributed by atoms with Crippen LogP contribution in [0.5, 0.6) is 0 Å². The number of sulfonamides is 1. The summed E-state index contributed by atoms with van der Waals surface area (Å²) in [6.45, 7) is 1.27. The van der Waals surface area contributed by atoms with Gasteiger partial charge in [0.1, 0.15) is 12.4 Å². The molecule has 0 heterocycles. The summed E-state index contributed by atoms with van der Waals surface area (Å²) in [4.78, 5) is 12.5. The van der Waals surface area contributed by atoms with Gasteiger partial charge >= 0.3 is 6.18 Å². The molecule has 3 aromatic rings. The minimum Gasteiger partial charge on any atom is -0.355 e. The molecule has 0 unspecified atom stereocenters. The molecule has 0 saturated heterocycles. The molecule has 1 amide bonds. The van der Waals surface area contributed by atoms with Crippen LogP contribution in [0.15, 0.2) is 77.7 Å². The van der Waals surface area contributed by atoms with E-state index in [0.717, 1.165) is 23.3 Å². The van der Waals surface area contributed by atoms with Crippen LogP contribution in [0.2, 0.25) is 0 Å². The Balaban J connectivity index is 1.78. The number of carbonyl (C=O) groups is 1. The maximum atomic E-state index is 13.3. The molecule has 0 saturated carbocycles. The van der Waals surface area contributed by atoms with Crippen molar-refractivity contribution in [3.63, 3.8) is 0 Å². The Hall–Kier alpha value is -3.40. The van der Waals surface area contributed by atoms with Crippen molar-refractivity contribution < 1.29 is 30.8 Å². The maximum Gasteiger partial charge on any atom is 0.416 e. The number of benzene rings is 3. The minimum atomic E-state index is -4.68. The third-order valence-electron chi connectivity index (χ3n) is 5.24. The Morgan fingerprint density at radius 2 is 1.63 bits per heavy atom. The second kappa shape index (κ2) is 10.9. The minimum absolute atomic E-state index is 0.148. The van der Waals surface area contributed by atoms with E-state index in [-0.39, 0.29) is 22.9 Å². The fourth-order valence-corrected chi connectivity index (χ4v) is 4.76.